The fraction of sp³-hybridized carbons (Fsp3) is 0.343. The SMILES string of the molecule is CCCCCOC(=O)C[C@@H](Cc1ccccc1F)NC(=O)c1cc(CCC)n(Cc2ccc(-c3ccccc3-c3nn[nH]n3)nc2)n1. The number of tetrazole rings is 1. The van der Waals surface area contributed by atoms with Gasteiger partial charge >= 0.3 is 5.97 Å². The van der Waals surface area contributed by atoms with E-state index in [1.807, 2.05) is 36.4 Å². The molecule has 5 aromatic rings. The van der Waals surface area contributed by atoms with Crippen LogP contribution in [0.2, 0.25) is 0 Å². The topological polar surface area (TPSA) is 141 Å². The molecule has 1 atom stereocenters. The van der Waals surface area contributed by atoms with E-state index in [1.165, 1.54) is 6.07 Å². The molecule has 0 bridgehead atoms. The number of amides is 1. The summed E-state index contributed by atoms with van der Waals surface area (Å²) >= 11 is 0. The van der Waals surface area contributed by atoms with Gasteiger partial charge in [0.15, 0.2) is 0 Å². The molecule has 0 unspecified atom stereocenters. The van der Waals surface area contributed by atoms with Crippen LogP contribution in [0.3, 0.4) is 0 Å². The first-order valence-electron chi connectivity index (χ1n) is 16.0. The number of H-pyrrole nitrogens is 1. The maximum atomic E-state index is 14.5. The normalized spacial score (nSPS) is 11.7. The molecule has 47 heavy (non-hydrogen) atoms. The van der Waals surface area contributed by atoms with E-state index >= 15 is 0 Å². The molecular weight excluding hydrogens is 599 g/mol. The minimum Gasteiger partial charge on any atom is -0.466 e. The van der Waals surface area contributed by atoms with Gasteiger partial charge in [-0.25, -0.2) is 4.39 Å². The third-order valence-electron chi connectivity index (χ3n) is 7.73. The second kappa shape index (κ2) is 16.3. The highest BCUT2D eigenvalue weighted by Crippen LogP contribution is 2.28. The number of esters is 1. The van der Waals surface area contributed by atoms with Gasteiger partial charge in [0.05, 0.1) is 25.3 Å². The molecule has 0 aliphatic heterocycles. The molecular formula is C35H39FN8O3. The van der Waals surface area contributed by atoms with Gasteiger partial charge in [-0.3, -0.25) is 19.3 Å². The minimum atomic E-state index is -0.676. The van der Waals surface area contributed by atoms with Gasteiger partial charge in [0.2, 0.25) is 5.82 Å². The highest BCUT2D eigenvalue weighted by molar-refractivity contribution is 5.93. The quantitative estimate of drug-likeness (QED) is 0.103. The van der Waals surface area contributed by atoms with Crippen molar-refractivity contribution in [1.82, 2.24) is 40.7 Å². The van der Waals surface area contributed by atoms with Gasteiger partial charge in [-0.1, -0.05) is 81.6 Å². The number of aryl methyl sites for hydroxylation is 1. The summed E-state index contributed by atoms with van der Waals surface area (Å²) in [6.45, 7) is 4.86. The number of carbonyl (C=O) groups excluding carboxylic acids is 2. The average molecular weight is 639 g/mol. The van der Waals surface area contributed by atoms with E-state index in [-0.39, 0.29) is 18.5 Å². The summed E-state index contributed by atoms with van der Waals surface area (Å²) in [4.78, 5) is 30.8. The first-order valence-corrected chi connectivity index (χ1v) is 16.0. The van der Waals surface area contributed by atoms with Crippen LogP contribution in [-0.2, 0) is 28.9 Å². The van der Waals surface area contributed by atoms with Crippen molar-refractivity contribution in [3.8, 4) is 22.6 Å². The molecule has 3 heterocycles. The Morgan fingerprint density at radius 3 is 2.53 bits per heavy atom. The van der Waals surface area contributed by atoms with Gasteiger partial charge < -0.3 is 10.1 Å². The summed E-state index contributed by atoms with van der Waals surface area (Å²) in [6, 6.07) is 19.1. The van der Waals surface area contributed by atoms with Gasteiger partial charge in [-0.2, -0.15) is 10.3 Å². The molecule has 12 heteroatoms. The number of nitrogens with one attached hydrogen (secondary N) is 2. The number of rotatable bonds is 16. The van der Waals surface area contributed by atoms with Crippen molar-refractivity contribution in [2.45, 2.75) is 71.4 Å². The number of benzene rings is 2. The van der Waals surface area contributed by atoms with E-state index in [2.05, 4.69) is 44.9 Å². The Morgan fingerprint density at radius 2 is 1.81 bits per heavy atom. The number of ether oxygens (including phenoxy) is 1. The van der Waals surface area contributed by atoms with Gasteiger partial charge in [0, 0.05) is 29.1 Å². The summed E-state index contributed by atoms with van der Waals surface area (Å²) < 4.78 is 21.7. The molecule has 0 saturated carbocycles. The molecule has 2 aromatic carbocycles. The lowest BCUT2D eigenvalue weighted by molar-refractivity contribution is -0.144. The van der Waals surface area contributed by atoms with E-state index < -0.39 is 23.7 Å². The standard InChI is InChI=1S/C35H39FN8O3/c1-3-5-10-18-47-33(45)20-26(19-25-12-6-9-15-30(25)36)38-35(46)32-21-27(11-4-2)44(41-32)23-24-16-17-31(37-22-24)28-13-7-8-14-29(28)34-39-42-43-40-34/h6-9,12-17,21-22,26H,3-5,10-11,18-20,23H2,1-2H3,(H,38,46)(H,39,40,42,43)/t26-/m1/s1. The Balaban J connectivity index is 1.31. The number of halogens is 1. The zero-order valence-corrected chi connectivity index (χ0v) is 26.7. The van der Waals surface area contributed by atoms with Gasteiger partial charge in [0.1, 0.15) is 11.5 Å². The van der Waals surface area contributed by atoms with Crippen LogP contribution in [0, 0.1) is 5.82 Å². The molecule has 0 aliphatic carbocycles. The summed E-state index contributed by atoms with van der Waals surface area (Å²) in [6.07, 6.45) is 6.16. The van der Waals surface area contributed by atoms with Crippen LogP contribution < -0.4 is 5.32 Å². The maximum Gasteiger partial charge on any atom is 0.307 e. The van der Waals surface area contributed by atoms with Crippen LogP contribution in [-0.4, -0.2) is 59.9 Å². The summed E-state index contributed by atoms with van der Waals surface area (Å²) in [5.74, 6) is -0.780. The number of aromatic nitrogens is 7. The van der Waals surface area contributed by atoms with Crippen LogP contribution in [0.25, 0.3) is 22.6 Å². The number of hydrogen-bond acceptors (Lipinski definition) is 8. The smallest absolute Gasteiger partial charge is 0.307 e. The van der Waals surface area contributed by atoms with Crippen molar-refractivity contribution < 1.29 is 18.7 Å². The molecule has 244 valence electrons. The lowest BCUT2D eigenvalue weighted by Gasteiger charge is -2.18. The molecule has 0 radical (unpaired) electrons. The summed E-state index contributed by atoms with van der Waals surface area (Å²) in [5.41, 5.74) is 4.87. The van der Waals surface area contributed by atoms with Crippen LogP contribution >= 0.6 is 0 Å². The monoisotopic (exact) mass is 638 g/mol. The number of unbranched alkanes of at least 4 members (excludes halogenated alkanes) is 2. The average Bonchev–Trinajstić information content (AvgIpc) is 3.76. The number of pyridine rings is 1. The zero-order chi connectivity index (χ0) is 33.0. The van der Waals surface area contributed by atoms with E-state index in [4.69, 9.17) is 9.72 Å². The Labute approximate surface area is 273 Å². The Bertz CT molecular complexity index is 1750. The minimum absolute atomic E-state index is 0.0808. The van der Waals surface area contributed by atoms with Crippen LogP contribution in [0.1, 0.15) is 73.3 Å². The third kappa shape index (κ3) is 8.93. The Hall–Kier alpha value is -5.26. The number of carbonyl (C=O) groups is 2. The molecule has 0 spiro atoms. The second-order valence-corrected chi connectivity index (χ2v) is 11.4. The highest BCUT2D eigenvalue weighted by Gasteiger charge is 2.23. The van der Waals surface area contributed by atoms with Crippen molar-refractivity contribution in [3.63, 3.8) is 0 Å². The van der Waals surface area contributed by atoms with Crippen molar-refractivity contribution in [2.75, 3.05) is 6.61 Å². The number of hydrogen-bond donors (Lipinski definition) is 2. The Morgan fingerprint density at radius 1 is 1.00 bits per heavy atom. The van der Waals surface area contributed by atoms with E-state index in [0.29, 0.717) is 31.0 Å². The van der Waals surface area contributed by atoms with Crippen molar-refractivity contribution >= 4 is 11.9 Å². The highest BCUT2D eigenvalue weighted by atomic mass is 19.1. The predicted molar refractivity (Wildman–Crippen MR) is 175 cm³/mol. The van der Waals surface area contributed by atoms with Crippen LogP contribution in [0.15, 0.2) is 72.9 Å². The van der Waals surface area contributed by atoms with Crippen molar-refractivity contribution in [3.05, 3.63) is 101 Å². The third-order valence-corrected chi connectivity index (χ3v) is 7.73. The molecule has 0 fully saturated rings. The zero-order valence-electron chi connectivity index (χ0n) is 26.7. The molecule has 1 amide bonds. The molecule has 5 rings (SSSR count). The Kier molecular flexibility index (Phi) is 11.5. The van der Waals surface area contributed by atoms with E-state index in [9.17, 15) is 14.0 Å². The first-order chi connectivity index (χ1) is 22.9. The predicted octanol–water partition coefficient (Wildman–Crippen LogP) is 5.73. The van der Waals surface area contributed by atoms with Crippen molar-refractivity contribution in [2.24, 2.45) is 0 Å². The molecule has 0 aliphatic rings. The summed E-state index contributed by atoms with van der Waals surface area (Å²) in [7, 11) is 0. The largest absolute Gasteiger partial charge is 0.466 e. The maximum absolute atomic E-state index is 14.5. The van der Waals surface area contributed by atoms with E-state index in [0.717, 1.165) is 53.8 Å². The van der Waals surface area contributed by atoms with E-state index in [1.54, 1.807) is 35.1 Å². The first kappa shape index (κ1) is 33.1. The molecule has 11 nitrogen and oxygen atoms in total. The molecule has 3 aromatic heterocycles. The lowest BCUT2D eigenvalue weighted by atomic mass is 10.0. The van der Waals surface area contributed by atoms with Crippen LogP contribution in [0.4, 0.5) is 4.39 Å². The molecule has 0 saturated heterocycles. The molecule has 2 N–H and O–H groups in total. The van der Waals surface area contributed by atoms with Crippen LogP contribution in [0.5, 0.6) is 0 Å². The second-order valence-electron chi connectivity index (χ2n) is 11.4. The van der Waals surface area contributed by atoms with Gasteiger partial charge in [0.25, 0.3) is 5.91 Å². The van der Waals surface area contributed by atoms with Gasteiger partial charge in [-0.05, 0) is 53.8 Å². The lowest BCUT2D eigenvalue weighted by Crippen LogP contribution is -2.39. The number of nitrogens with zero attached hydrogens (tertiary/aromatic N) is 6. The fourth-order valence-corrected chi connectivity index (χ4v) is 5.35. The fourth-order valence-electron chi connectivity index (χ4n) is 5.35. The number of aromatic amines is 1. The van der Waals surface area contributed by atoms with Crippen molar-refractivity contribution in [1.29, 1.82) is 0 Å². The summed E-state index contributed by atoms with van der Waals surface area (Å²) in [5, 5.41) is 21.9. The van der Waals surface area contributed by atoms with Gasteiger partial charge in [-0.15, -0.1) is 10.2 Å².